The first-order valence-corrected chi connectivity index (χ1v) is 5.62. The number of aromatic amines is 1. The topological polar surface area (TPSA) is 51.4 Å². The molecule has 5 nitrogen and oxygen atoms in total. The molecule has 2 aromatic heterocycles. The van der Waals surface area contributed by atoms with Crippen molar-refractivity contribution in [3.8, 4) is 11.5 Å². The first-order chi connectivity index (χ1) is 7.59. The number of imidazole rings is 1. The Bertz CT molecular complexity index is 533. The van der Waals surface area contributed by atoms with E-state index in [2.05, 4.69) is 29.0 Å². The monoisotopic (exact) mass is 237 g/mol. The standard InChI is InChI=1S/C10H15N5S/c1-7(2)5-15-9(12-13-10(15)16)8-4-11-6-14(8)3/h4,6-7H,5H2,1-3H3,(H,13,16). The fourth-order valence-electron chi connectivity index (χ4n) is 1.62. The quantitative estimate of drug-likeness (QED) is 0.831. The van der Waals surface area contributed by atoms with Crippen molar-refractivity contribution in [2.24, 2.45) is 13.0 Å². The molecule has 0 saturated carbocycles. The molecule has 16 heavy (non-hydrogen) atoms. The molecule has 0 spiro atoms. The van der Waals surface area contributed by atoms with E-state index in [0.717, 1.165) is 18.1 Å². The van der Waals surface area contributed by atoms with Crippen LogP contribution in [-0.2, 0) is 13.6 Å². The number of rotatable bonds is 3. The minimum atomic E-state index is 0.524. The molecule has 0 fully saturated rings. The summed E-state index contributed by atoms with van der Waals surface area (Å²) >= 11 is 5.22. The highest BCUT2D eigenvalue weighted by Gasteiger charge is 2.12. The van der Waals surface area contributed by atoms with Gasteiger partial charge in [-0.3, -0.25) is 9.67 Å². The molecule has 1 N–H and O–H groups in total. The van der Waals surface area contributed by atoms with Crippen LogP contribution in [0.4, 0.5) is 0 Å². The molecular weight excluding hydrogens is 222 g/mol. The van der Waals surface area contributed by atoms with Crippen molar-refractivity contribution in [2.75, 3.05) is 0 Å². The lowest BCUT2D eigenvalue weighted by molar-refractivity contribution is 0.520. The molecule has 0 aromatic carbocycles. The summed E-state index contributed by atoms with van der Waals surface area (Å²) in [4.78, 5) is 4.09. The van der Waals surface area contributed by atoms with E-state index in [1.54, 1.807) is 12.5 Å². The molecule has 2 heterocycles. The van der Waals surface area contributed by atoms with Crippen molar-refractivity contribution >= 4 is 12.2 Å². The molecule has 0 bridgehead atoms. The second-order valence-corrected chi connectivity index (χ2v) is 4.63. The van der Waals surface area contributed by atoms with E-state index in [9.17, 15) is 0 Å². The molecule has 2 rings (SSSR count). The maximum atomic E-state index is 5.22. The van der Waals surface area contributed by atoms with Gasteiger partial charge in [-0.05, 0) is 18.1 Å². The lowest BCUT2D eigenvalue weighted by Gasteiger charge is -2.09. The summed E-state index contributed by atoms with van der Waals surface area (Å²) in [6, 6.07) is 0. The maximum absolute atomic E-state index is 5.22. The van der Waals surface area contributed by atoms with E-state index in [0.29, 0.717) is 10.7 Å². The fraction of sp³-hybridized carbons (Fsp3) is 0.500. The average Bonchev–Trinajstić information content (AvgIpc) is 2.75. The largest absolute Gasteiger partial charge is 0.331 e. The van der Waals surface area contributed by atoms with E-state index in [-0.39, 0.29) is 0 Å². The Labute approximate surface area is 99.1 Å². The van der Waals surface area contributed by atoms with Gasteiger partial charge in [-0.2, -0.15) is 5.10 Å². The molecule has 2 aromatic rings. The molecular formula is C10H15N5S. The van der Waals surface area contributed by atoms with Gasteiger partial charge in [0.2, 0.25) is 0 Å². The van der Waals surface area contributed by atoms with E-state index < -0.39 is 0 Å². The summed E-state index contributed by atoms with van der Waals surface area (Å²) in [5.41, 5.74) is 0.966. The van der Waals surface area contributed by atoms with Crippen molar-refractivity contribution in [3.63, 3.8) is 0 Å². The number of aryl methyl sites for hydroxylation is 1. The van der Waals surface area contributed by atoms with Crippen LogP contribution in [0.15, 0.2) is 12.5 Å². The summed E-state index contributed by atoms with van der Waals surface area (Å²) in [5.74, 6) is 1.37. The van der Waals surface area contributed by atoms with Gasteiger partial charge in [-0.15, -0.1) is 0 Å². The highest BCUT2D eigenvalue weighted by molar-refractivity contribution is 7.71. The Hall–Kier alpha value is -1.43. The predicted molar refractivity (Wildman–Crippen MR) is 64.5 cm³/mol. The Morgan fingerprint density at radius 3 is 2.81 bits per heavy atom. The Kier molecular flexibility index (Phi) is 2.91. The Balaban J connectivity index is 2.50. The minimum absolute atomic E-state index is 0.524. The molecule has 0 amide bonds. The van der Waals surface area contributed by atoms with Gasteiger partial charge in [-0.1, -0.05) is 13.8 Å². The summed E-state index contributed by atoms with van der Waals surface area (Å²) in [5, 5.41) is 7.09. The maximum Gasteiger partial charge on any atom is 0.195 e. The molecule has 0 radical (unpaired) electrons. The summed E-state index contributed by atoms with van der Waals surface area (Å²) < 4.78 is 4.60. The number of hydrogen-bond donors (Lipinski definition) is 1. The van der Waals surface area contributed by atoms with Crippen LogP contribution < -0.4 is 0 Å². The molecule has 6 heteroatoms. The average molecular weight is 237 g/mol. The van der Waals surface area contributed by atoms with Gasteiger partial charge in [-0.25, -0.2) is 4.98 Å². The van der Waals surface area contributed by atoms with Crippen LogP contribution in [0, 0.1) is 10.7 Å². The first-order valence-electron chi connectivity index (χ1n) is 5.21. The van der Waals surface area contributed by atoms with Gasteiger partial charge < -0.3 is 4.57 Å². The lowest BCUT2D eigenvalue weighted by Crippen LogP contribution is -2.07. The van der Waals surface area contributed by atoms with Crippen LogP contribution in [0.25, 0.3) is 11.5 Å². The van der Waals surface area contributed by atoms with E-state index in [1.165, 1.54) is 0 Å². The number of aromatic nitrogens is 5. The van der Waals surface area contributed by atoms with Crippen molar-refractivity contribution in [2.45, 2.75) is 20.4 Å². The molecule has 0 atom stereocenters. The fourth-order valence-corrected chi connectivity index (χ4v) is 1.83. The lowest BCUT2D eigenvalue weighted by atomic mass is 10.2. The second-order valence-electron chi connectivity index (χ2n) is 4.25. The molecule has 0 aliphatic carbocycles. The number of H-pyrrole nitrogens is 1. The van der Waals surface area contributed by atoms with E-state index in [1.807, 2.05) is 16.2 Å². The highest BCUT2D eigenvalue weighted by atomic mass is 32.1. The van der Waals surface area contributed by atoms with Crippen LogP contribution in [0.2, 0.25) is 0 Å². The normalized spacial score (nSPS) is 11.2. The third-order valence-electron chi connectivity index (χ3n) is 2.35. The third-order valence-corrected chi connectivity index (χ3v) is 2.66. The van der Waals surface area contributed by atoms with Crippen LogP contribution in [0.3, 0.4) is 0 Å². The van der Waals surface area contributed by atoms with Crippen molar-refractivity contribution in [1.29, 1.82) is 0 Å². The zero-order valence-corrected chi connectivity index (χ0v) is 10.5. The summed E-state index contributed by atoms with van der Waals surface area (Å²) in [6.07, 6.45) is 3.55. The minimum Gasteiger partial charge on any atom is -0.331 e. The highest BCUT2D eigenvalue weighted by Crippen LogP contribution is 2.16. The molecule has 86 valence electrons. The molecule has 0 aliphatic heterocycles. The van der Waals surface area contributed by atoms with Gasteiger partial charge >= 0.3 is 0 Å². The van der Waals surface area contributed by atoms with Crippen LogP contribution >= 0.6 is 12.2 Å². The van der Waals surface area contributed by atoms with Crippen molar-refractivity contribution < 1.29 is 0 Å². The number of nitrogens with zero attached hydrogens (tertiary/aromatic N) is 4. The van der Waals surface area contributed by atoms with Crippen LogP contribution in [0.1, 0.15) is 13.8 Å². The van der Waals surface area contributed by atoms with Crippen molar-refractivity contribution in [1.82, 2.24) is 24.3 Å². The van der Waals surface area contributed by atoms with Gasteiger partial charge in [0.25, 0.3) is 0 Å². The smallest absolute Gasteiger partial charge is 0.195 e. The van der Waals surface area contributed by atoms with Crippen LogP contribution in [-0.4, -0.2) is 24.3 Å². The van der Waals surface area contributed by atoms with Crippen molar-refractivity contribution in [3.05, 3.63) is 17.3 Å². The van der Waals surface area contributed by atoms with Crippen LogP contribution in [0.5, 0.6) is 0 Å². The first kappa shape index (κ1) is 11.1. The SMILES string of the molecule is CC(C)Cn1c(-c2cncn2C)n[nH]c1=S. The third kappa shape index (κ3) is 1.92. The zero-order valence-electron chi connectivity index (χ0n) is 9.64. The molecule has 0 aliphatic rings. The number of nitrogens with one attached hydrogen (secondary N) is 1. The Morgan fingerprint density at radius 1 is 1.50 bits per heavy atom. The molecule has 0 unspecified atom stereocenters. The predicted octanol–water partition coefficient (Wildman–Crippen LogP) is 2.00. The summed E-state index contributed by atoms with van der Waals surface area (Å²) in [6.45, 7) is 5.17. The summed E-state index contributed by atoms with van der Waals surface area (Å²) in [7, 11) is 1.94. The second kappa shape index (κ2) is 4.21. The van der Waals surface area contributed by atoms with Gasteiger partial charge in [0.05, 0.1) is 12.5 Å². The van der Waals surface area contributed by atoms with E-state index >= 15 is 0 Å². The number of hydrogen-bond acceptors (Lipinski definition) is 3. The molecule has 0 saturated heterocycles. The zero-order chi connectivity index (χ0) is 11.7. The van der Waals surface area contributed by atoms with Gasteiger partial charge in [0.15, 0.2) is 10.6 Å². The van der Waals surface area contributed by atoms with E-state index in [4.69, 9.17) is 12.2 Å². The van der Waals surface area contributed by atoms with Gasteiger partial charge in [0.1, 0.15) is 5.69 Å². The Morgan fingerprint density at radius 2 is 2.25 bits per heavy atom. The van der Waals surface area contributed by atoms with Gasteiger partial charge in [0, 0.05) is 13.6 Å².